The van der Waals surface area contributed by atoms with Gasteiger partial charge in [-0.15, -0.1) is 6.42 Å². The van der Waals surface area contributed by atoms with Gasteiger partial charge in [0.15, 0.2) is 0 Å². The van der Waals surface area contributed by atoms with Gasteiger partial charge in [0.2, 0.25) is 0 Å². The van der Waals surface area contributed by atoms with Gasteiger partial charge in [-0.25, -0.2) is 4.98 Å². The summed E-state index contributed by atoms with van der Waals surface area (Å²) in [5.41, 5.74) is 0.750. The number of hydrogen-bond donors (Lipinski definition) is 0. The Hall–Kier alpha value is -3.43. The predicted octanol–water partition coefficient (Wildman–Crippen LogP) is 5.50. The average Bonchev–Trinajstić information content (AvgIpc) is 2.76. The van der Waals surface area contributed by atoms with Crippen LogP contribution in [0.2, 0.25) is 0 Å². The third kappa shape index (κ3) is 4.17. The second-order valence-electron chi connectivity index (χ2n) is 8.40. The van der Waals surface area contributed by atoms with Crippen LogP contribution in [0.1, 0.15) is 32.2 Å². The molecule has 0 spiro atoms. The molecule has 3 aromatic carbocycles. The number of ether oxygens (including phenoxy) is 1. The highest BCUT2D eigenvalue weighted by molar-refractivity contribution is 9.10. The molecule has 0 aliphatic carbocycles. The molecule has 0 aliphatic heterocycles. The molecule has 4 rings (SSSR count). The summed E-state index contributed by atoms with van der Waals surface area (Å²) in [6, 6.07) is 17.2. The molecule has 0 saturated carbocycles. The Morgan fingerprint density at radius 1 is 1.16 bits per heavy atom. The molecule has 4 aromatic rings. The molecule has 1 heterocycles. The molecule has 160 valence electrons. The molecule has 0 aliphatic rings. The van der Waals surface area contributed by atoms with Crippen LogP contribution in [0.5, 0.6) is 5.75 Å². The fraction of sp³-hybridized carbons (Fsp3) is 0.192. The van der Waals surface area contributed by atoms with E-state index in [4.69, 9.17) is 16.1 Å². The van der Waals surface area contributed by atoms with Crippen LogP contribution in [0.4, 0.5) is 0 Å². The van der Waals surface area contributed by atoms with E-state index in [1.54, 1.807) is 12.3 Å². The summed E-state index contributed by atoms with van der Waals surface area (Å²) in [6.45, 7) is 6.15. The highest BCUT2D eigenvalue weighted by Gasteiger charge is 2.23. The minimum atomic E-state index is -0.403. The lowest BCUT2D eigenvalue weighted by atomic mass is 9.95. The van der Waals surface area contributed by atoms with Gasteiger partial charge in [0.1, 0.15) is 18.2 Å². The molecule has 0 N–H and O–H groups in total. The molecule has 0 unspecified atom stereocenters. The molecule has 0 atom stereocenters. The SMILES string of the molecule is C#CCOc1ccc2ccccc2c1C=Nn1c(C(C)(C)C)nc2ccc(Br)cc2c1=O. The Bertz CT molecular complexity index is 1460. The smallest absolute Gasteiger partial charge is 0.282 e. The standard InChI is InChI=1S/C26H22BrN3O2/c1-5-14-32-23-13-10-17-8-6-7-9-19(17)21(23)16-28-30-24(31)20-15-18(27)11-12-22(20)29-25(30)26(2,3)4/h1,6-13,15-16H,14H2,2-4H3. The molecule has 5 nitrogen and oxygen atoms in total. The van der Waals surface area contributed by atoms with E-state index in [2.05, 4.69) is 27.0 Å². The van der Waals surface area contributed by atoms with Gasteiger partial charge in [-0.3, -0.25) is 4.79 Å². The zero-order valence-electron chi connectivity index (χ0n) is 18.1. The second-order valence-corrected chi connectivity index (χ2v) is 9.32. The van der Waals surface area contributed by atoms with E-state index in [9.17, 15) is 4.79 Å². The Morgan fingerprint density at radius 3 is 2.69 bits per heavy atom. The Kier molecular flexibility index (Phi) is 5.86. The Balaban J connectivity index is 1.96. The summed E-state index contributed by atoms with van der Waals surface area (Å²) >= 11 is 3.44. The molecule has 0 saturated heterocycles. The number of terminal acetylenes is 1. The number of halogens is 1. The van der Waals surface area contributed by atoms with Gasteiger partial charge in [-0.2, -0.15) is 9.78 Å². The fourth-order valence-electron chi connectivity index (χ4n) is 3.51. The highest BCUT2D eigenvalue weighted by atomic mass is 79.9. The zero-order chi connectivity index (χ0) is 22.9. The minimum absolute atomic E-state index is 0.137. The van der Waals surface area contributed by atoms with Crippen molar-refractivity contribution in [2.75, 3.05) is 6.61 Å². The maximum absolute atomic E-state index is 13.4. The van der Waals surface area contributed by atoms with Crippen LogP contribution in [0.3, 0.4) is 0 Å². The first kappa shape index (κ1) is 21.8. The number of fused-ring (bicyclic) bond motifs is 2. The lowest BCUT2D eigenvalue weighted by Crippen LogP contribution is -2.29. The summed E-state index contributed by atoms with van der Waals surface area (Å²) in [4.78, 5) is 18.2. The Labute approximate surface area is 194 Å². The fourth-order valence-corrected chi connectivity index (χ4v) is 3.87. The van der Waals surface area contributed by atoms with Crippen LogP contribution in [0.15, 0.2) is 69.0 Å². The van der Waals surface area contributed by atoms with Crippen molar-refractivity contribution < 1.29 is 4.74 Å². The van der Waals surface area contributed by atoms with Gasteiger partial charge in [0.25, 0.3) is 5.56 Å². The molecular formula is C26H22BrN3O2. The first-order chi connectivity index (χ1) is 15.3. The molecule has 1 aromatic heterocycles. The number of hydrogen-bond acceptors (Lipinski definition) is 4. The normalized spacial score (nSPS) is 11.8. The van der Waals surface area contributed by atoms with Crippen LogP contribution >= 0.6 is 15.9 Å². The first-order valence-corrected chi connectivity index (χ1v) is 10.9. The van der Waals surface area contributed by atoms with Crippen LogP contribution in [0, 0.1) is 12.3 Å². The number of rotatable bonds is 4. The zero-order valence-corrected chi connectivity index (χ0v) is 19.7. The van der Waals surface area contributed by atoms with Crippen molar-refractivity contribution in [2.45, 2.75) is 26.2 Å². The molecule has 6 heteroatoms. The topological polar surface area (TPSA) is 56.5 Å². The third-order valence-corrected chi connectivity index (χ3v) is 5.52. The van der Waals surface area contributed by atoms with Crippen LogP contribution in [-0.2, 0) is 5.41 Å². The first-order valence-electron chi connectivity index (χ1n) is 10.1. The van der Waals surface area contributed by atoms with E-state index in [1.165, 1.54) is 4.68 Å². The highest BCUT2D eigenvalue weighted by Crippen LogP contribution is 2.27. The van der Waals surface area contributed by atoms with E-state index in [1.807, 2.05) is 69.3 Å². The van der Waals surface area contributed by atoms with Gasteiger partial charge in [-0.05, 0) is 35.0 Å². The third-order valence-electron chi connectivity index (χ3n) is 5.02. The minimum Gasteiger partial charge on any atom is -0.480 e. The quantitative estimate of drug-likeness (QED) is 0.282. The molecule has 0 amide bonds. The van der Waals surface area contributed by atoms with E-state index >= 15 is 0 Å². The monoisotopic (exact) mass is 487 g/mol. The summed E-state index contributed by atoms with van der Waals surface area (Å²) in [7, 11) is 0. The molecule has 0 bridgehead atoms. The van der Waals surface area contributed by atoms with Crippen molar-refractivity contribution >= 4 is 43.8 Å². The maximum atomic E-state index is 13.4. The van der Waals surface area contributed by atoms with E-state index in [0.29, 0.717) is 22.5 Å². The summed E-state index contributed by atoms with van der Waals surface area (Å²) in [5.74, 6) is 3.67. The van der Waals surface area contributed by atoms with Gasteiger partial charge >= 0.3 is 0 Å². The van der Waals surface area contributed by atoms with Crippen molar-refractivity contribution in [2.24, 2.45) is 5.10 Å². The van der Waals surface area contributed by atoms with E-state index in [0.717, 1.165) is 20.8 Å². The number of nitrogens with zero attached hydrogens (tertiary/aromatic N) is 3. The number of benzene rings is 3. The summed E-state index contributed by atoms with van der Waals surface area (Å²) in [6.07, 6.45) is 7.04. The summed E-state index contributed by atoms with van der Waals surface area (Å²) in [5, 5.41) is 7.09. The second kappa shape index (κ2) is 8.60. The molecule has 32 heavy (non-hydrogen) atoms. The lowest BCUT2D eigenvalue weighted by Gasteiger charge is -2.21. The lowest BCUT2D eigenvalue weighted by molar-refractivity contribution is 0.370. The number of aromatic nitrogens is 2. The van der Waals surface area contributed by atoms with Gasteiger partial charge in [0.05, 0.1) is 17.1 Å². The predicted molar refractivity (Wildman–Crippen MR) is 134 cm³/mol. The van der Waals surface area contributed by atoms with Crippen molar-refractivity contribution in [3.8, 4) is 18.1 Å². The average molecular weight is 488 g/mol. The van der Waals surface area contributed by atoms with Gasteiger partial charge in [-0.1, -0.05) is 73.0 Å². The van der Waals surface area contributed by atoms with Crippen LogP contribution < -0.4 is 10.3 Å². The molecule has 0 radical (unpaired) electrons. The van der Waals surface area contributed by atoms with E-state index < -0.39 is 5.41 Å². The molecule has 0 fully saturated rings. The van der Waals surface area contributed by atoms with Crippen LogP contribution in [-0.4, -0.2) is 22.5 Å². The maximum Gasteiger partial charge on any atom is 0.282 e. The van der Waals surface area contributed by atoms with Crippen molar-refractivity contribution in [3.63, 3.8) is 0 Å². The van der Waals surface area contributed by atoms with Gasteiger partial charge in [0, 0.05) is 15.5 Å². The van der Waals surface area contributed by atoms with Crippen LogP contribution in [0.25, 0.3) is 21.7 Å². The van der Waals surface area contributed by atoms with E-state index in [-0.39, 0.29) is 12.2 Å². The van der Waals surface area contributed by atoms with Crippen molar-refractivity contribution in [1.82, 2.24) is 9.66 Å². The van der Waals surface area contributed by atoms with Gasteiger partial charge < -0.3 is 4.74 Å². The van der Waals surface area contributed by atoms with Crippen molar-refractivity contribution in [1.29, 1.82) is 0 Å². The largest absolute Gasteiger partial charge is 0.480 e. The molecular weight excluding hydrogens is 466 g/mol. The van der Waals surface area contributed by atoms with Crippen molar-refractivity contribution in [3.05, 3.63) is 80.8 Å². The Morgan fingerprint density at radius 2 is 1.94 bits per heavy atom. The summed E-state index contributed by atoms with van der Waals surface area (Å²) < 4.78 is 7.94.